The van der Waals surface area contributed by atoms with Gasteiger partial charge in [-0.2, -0.15) is 0 Å². The molecule has 1 N–H and O–H groups in total. The highest BCUT2D eigenvalue weighted by molar-refractivity contribution is 7.09. The first-order valence-corrected chi connectivity index (χ1v) is 9.94. The molecule has 0 saturated heterocycles. The van der Waals surface area contributed by atoms with Crippen molar-refractivity contribution in [1.82, 2.24) is 25.0 Å². The molecule has 0 spiro atoms. The van der Waals surface area contributed by atoms with E-state index in [0.29, 0.717) is 6.54 Å². The highest BCUT2D eigenvalue weighted by Gasteiger charge is 2.10. The fourth-order valence-electron chi connectivity index (χ4n) is 2.70. The Kier molecular flexibility index (Phi) is 6.65. The number of aliphatic imine (C=N–C) groups is 1. The van der Waals surface area contributed by atoms with E-state index >= 15 is 0 Å². The number of methoxy groups -OCH3 is 1. The number of guanidine groups is 1. The summed E-state index contributed by atoms with van der Waals surface area (Å²) in [5.74, 6) is 3.40. The second-order valence-electron chi connectivity index (χ2n) is 6.50. The zero-order valence-corrected chi connectivity index (χ0v) is 17.5. The first-order chi connectivity index (χ1) is 13.6. The van der Waals surface area contributed by atoms with Crippen LogP contribution in [0.3, 0.4) is 0 Å². The van der Waals surface area contributed by atoms with Crippen molar-refractivity contribution in [1.29, 1.82) is 0 Å². The fourth-order valence-corrected chi connectivity index (χ4v) is 3.35. The highest BCUT2D eigenvalue weighted by Crippen LogP contribution is 2.13. The fraction of sp³-hybridized carbons (Fsp3) is 0.350. The maximum absolute atomic E-state index is 5.24. The summed E-state index contributed by atoms with van der Waals surface area (Å²) in [5, 5.41) is 13.9. The van der Waals surface area contributed by atoms with Gasteiger partial charge in [-0.05, 0) is 36.1 Å². The lowest BCUT2D eigenvalue weighted by Crippen LogP contribution is -2.38. The zero-order valence-electron chi connectivity index (χ0n) is 16.7. The number of nitrogens with zero attached hydrogens (tertiary/aromatic N) is 5. The quantitative estimate of drug-likeness (QED) is 0.490. The van der Waals surface area contributed by atoms with Gasteiger partial charge in [-0.25, -0.2) is 4.99 Å². The summed E-state index contributed by atoms with van der Waals surface area (Å²) in [4.78, 5) is 8.16. The number of aryl methyl sites for hydroxylation is 1. The van der Waals surface area contributed by atoms with E-state index < -0.39 is 0 Å². The van der Waals surface area contributed by atoms with Crippen molar-refractivity contribution in [2.75, 3.05) is 14.2 Å². The molecule has 28 heavy (non-hydrogen) atoms. The topological polar surface area (TPSA) is 67.6 Å². The van der Waals surface area contributed by atoms with Crippen molar-refractivity contribution < 1.29 is 4.74 Å². The van der Waals surface area contributed by atoms with E-state index in [1.54, 1.807) is 18.4 Å². The van der Waals surface area contributed by atoms with E-state index in [-0.39, 0.29) is 0 Å². The van der Waals surface area contributed by atoms with Gasteiger partial charge in [0, 0.05) is 25.5 Å². The van der Waals surface area contributed by atoms with Gasteiger partial charge in [0.15, 0.2) is 11.8 Å². The van der Waals surface area contributed by atoms with Gasteiger partial charge in [-0.1, -0.05) is 18.2 Å². The minimum Gasteiger partial charge on any atom is -0.497 e. The summed E-state index contributed by atoms with van der Waals surface area (Å²) in [7, 11) is 5.67. The van der Waals surface area contributed by atoms with Crippen LogP contribution in [-0.4, -0.2) is 39.8 Å². The van der Waals surface area contributed by atoms with Crippen LogP contribution in [-0.2, 0) is 26.7 Å². The molecule has 148 valence electrons. The van der Waals surface area contributed by atoms with E-state index in [1.165, 1.54) is 10.4 Å². The number of thiophene rings is 1. The number of aromatic nitrogens is 3. The molecule has 0 bridgehead atoms. The third-order valence-electron chi connectivity index (χ3n) is 4.49. The Balaban J connectivity index is 1.73. The van der Waals surface area contributed by atoms with Gasteiger partial charge in [0.05, 0.1) is 13.7 Å². The van der Waals surface area contributed by atoms with Crippen LogP contribution in [0.2, 0.25) is 0 Å². The molecule has 0 aliphatic carbocycles. The smallest absolute Gasteiger partial charge is 0.194 e. The molecule has 0 aliphatic rings. The van der Waals surface area contributed by atoms with Crippen LogP contribution in [0.4, 0.5) is 0 Å². The molecule has 0 unspecified atom stereocenters. The predicted molar refractivity (Wildman–Crippen MR) is 112 cm³/mol. The van der Waals surface area contributed by atoms with Gasteiger partial charge >= 0.3 is 0 Å². The summed E-state index contributed by atoms with van der Waals surface area (Å²) >= 11 is 1.73. The van der Waals surface area contributed by atoms with E-state index in [2.05, 4.69) is 50.1 Å². The average Bonchev–Trinajstić information content (AvgIpc) is 3.33. The van der Waals surface area contributed by atoms with Gasteiger partial charge < -0.3 is 19.5 Å². The van der Waals surface area contributed by atoms with Gasteiger partial charge in [-0.15, -0.1) is 21.5 Å². The predicted octanol–water partition coefficient (Wildman–Crippen LogP) is 2.97. The van der Waals surface area contributed by atoms with E-state index in [9.17, 15) is 0 Å². The van der Waals surface area contributed by atoms with Crippen molar-refractivity contribution >= 4 is 17.3 Å². The Bertz CT molecular complexity index is 901. The van der Waals surface area contributed by atoms with E-state index in [4.69, 9.17) is 9.73 Å². The maximum Gasteiger partial charge on any atom is 0.194 e. The molecule has 2 heterocycles. The van der Waals surface area contributed by atoms with E-state index in [0.717, 1.165) is 36.4 Å². The Labute approximate surface area is 169 Å². The summed E-state index contributed by atoms with van der Waals surface area (Å²) in [6, 6.07) is 12.3. The minimum atomic E-state index is 0.469. The SMILES string of the molecule is COc1ccc(CN(C)C(=NCc2nnc(C)n2C)NCc2cccs2)cc1. The molecule has 0 radical (unpaired) electrons. The van der Waals surface area contributed by atoms with Crippen molar-refractivity contribution in [3.05, 3.63) is 63.9 Å². The van der Waals surface area contributed by atoms with Crippen LogP contribution >= 0.6 is 11.3 Å². The number of hydrogen-bond acceptors (Lipinski definition) is 5. The molecule has 3 aromatic rings. The molecule has 0 amide bonds. The van der Waals surface area contributed by atoms with Crippen LogP contribution < -0.4 is 10.1 Å². The summed E-state index contributed by atoms with van der Waals surface area (Å²) in [6.45, 7) is 3.88. The molecule has 0 fully saturated rings. The Morgan fingerprint density at radius 1 is 1.25 bits per heavy atom. The van der Waals surface area contributed by atoms with Crippen LogP contribution in [0.15, 0.2) is 46.8 Å². The normalized spacial score (nSPS) is 11.5. The van der Waals surface area contributed by atoms with Crippen molar-refractivity contribution in [2.45, 2.75) is 26.6 Å². The van der Waals surface area contributed by atoms with Gasteiger partial charge in [0.2, 0.25) is 0 Å². The molecule has 0 saturated carbocycles. The largest absolute Gasteiger partial charge is 0.497 e. The molecular weight excluding hydrogens is 372 g/mol. The zero-order chi connectivity index (χ0) is 19.9. The summed E-state index contributed by atoms with van der Waals surface area (Å²) in [6.07, 6.45) is 0. The first-order valence-electron chi connectivity index (χ1n) is 9.06. The van der Waals surface area contributed by atoms with Gasteiger partial charge in [-0.3, -0.25) is 0 Å². The number of ether oxygens (including phenoxy) is 1. The molecule has 8 heteroatoms. The lowest BCUT2D eigenvalue weighted by molar-refractivity contribution is 0.414. The summed E-state index contributed by atoms with van der Waals surface area (Å²) in [5.41, 5.74) is 1.18. The minimum absolute atomic E-state index is 0.469. The van der Waals surface area contributed by atoms with Crippen LogP contribution in [0.5, 0.6) is 5.75 Å². The highest BCUT2D eigenvalue weighted by atomic mass is 32.1. The lowest BCUT2D eigenvalue weighted by atomic mass is 10.2. The van der Waals surface area contributed by atoms with Crippen molar-refractivity contribution in [3.63, 3.8) is 0 Å². The maximum atomic E-state index is 5.24. The Morgan fingerprint density at radius 3 is 2.64 bits per heavy atom. The van der Waals surface area contributed by atoms with Crippen molar-refractivity contribution in [2.24, 2.45) is 12.0 Å². The molecule has 2 aromatic heterocycles. The van der Waals surface area contributed by atoms with E-state index in [1.807, 2.05) is 37.7 Å². The van der Waals surface area contributed by atoms with Crippen LogP contribution in [0, 0.1) is 6.92 Å². The first kappa shape index (κ1) is 19.9. The number of benzene rings is 1. The average molecular weight is 399 g/mol. The molecule has 1 aromatic carbocycles. The standard InChI is InChI=1S/C20H26N6OS/c1-15-23-24-19(26(15)3)13-22-20(21-12-18-6-5-11-28-18)25(2)14-16-7-9-17(27-4)10-8-16/h5-11H,12-14H2,1-4H3,(H,21,22). The van der Waals surface area contributed by atoms with Crippen LogP contribution in [0.1, 0.15) is 22.1 Å². The third kappa shape index (κ3) is 5.10. The molecule has 0 aliphatic heterocycles. The second kappa shape index (κ2) is 9.36. The molecule has 0 atom stereocenters. The van der Waals surface area contributed by atoms with Crippen LogP contribution in [0.25, 0.3) is 0 Å². The summed E-state index contributed by atoms with van der Waals surface area (Å²) < 4.78 is 7.20. The Morgan fingerprint density at radius 2 is 2.04 bits per heavy atom. The monoisotopic (exact) mass is 398 g/mol. The number of nitrogens with one attached hydrogen (secondary N) is 1. The Hall–Kier alpha value is -2.87. The molecule has 3 rings (SSSR count). The molecule has 7 nitrogen and oxygen atoms in total. The van der Waals surface area contributed by atoms with Gasteiger partial charge in [0.1, 0.15) is 18.1 Å². The number of rotatable bonds is 7. The number of hydrogen-bond donors (Lipinski definition) is 1. The van der Waals surface area contributed by atoms with Gasteiger partial charge in [0.25, 0.3) is 0 Å². The van der Waals surface area contributed by atoms with Crippen molar-refractivity contribution in [3.8, 4) is 5.75 Å². The second-order valence-corrected chi connectivity index (χ2v) is 7.53. The molecular formula is C20H26N6OS. The third-order valence-corrected chi connectivity index (χ3v) is 5.37. The lowest BCUT2D eigenvalue weighted by Gasteiger charge is -2.22.